The third kappa shape index (κ3) is 3.63. The van der Waals surface area contributed by atoms with E-state index in [-0.39, 0.29) is 0 Å². The molecule has 0 unspecified atom stereocenters. The third-order valence-electron chi connectivity index (χ3n) is 2.61. The molecular weight excluding hydrogens is 230 g/mol. The number of nitrogens with two attached hydrogens (primary N) is 2. The highest BCUT2D eigenvalue weighted by atomic mass is 16.3. The van der Waals surface area contributed by atoms with Gasteiger partial charge in [-0.1, -0.05) is 0 Å². The molecule has 18 heavy (non-hydrogen) atoms. The number of anilines is 2. The van der Waals surface area contributed by atoms with Gasteiger partial charge in [0, 0.05) is 18.7 Å². The normalized spacial score (nSPS) is 11.3. The van der Waals surface area contributed by atoms with Gasteiger partial charge in [-0.3, -0.25) is 4.79 Å². The van der Waals surface area contributed by atoms with Gasteiger partial charge in [0.25, 0.3) is 0 Å². The maximum atomic E-state index is 11.0. The van der Waals surface area contributed by atoms with E-state index in [2.05, 4.69) is 0 Å². The van der Waals surface area contributed by atoms with Crippen molar-refractivity contribution < 1.29 is 9.90 Å². The third-order valence-corrected chi connectivity index (χ3v) is 2.61. The van der Waals surface area contributed by atoms with Crippen molar-refractivity contribution in [1.82, 2.24) is 0 Å². The molecule has 1 aromatic rings. The lowest BCUT2D eigenvalue weighted by molar-refractivity contribution is 0.0875. The molecule has 5 N–H and O–H groups in total. The van der Waals surface area contributed by atoms with Crippen LogP contribution in [0, 0.1) is 0 Å². The van der Waals surface area contributed by atoms with Crippen LogP contribution in [-0.2, 0) is 0 Å². The molecule has 1 rings (SSSR count). The number of carbonyl (C=O) groups excluding carboxylic acids is 1. The molecule has 0 saturated carbocycles. The fourth-order valence-corrected chi connectivity index (χ4v) is 1.83. The molecule has 0 radical (unpaired) electrons. The van der Waals surface area contributed by atoms with Crippen molar-refractivity contribution in [3.63, 3.8) is 0 Å². The monoisotopic (exact) mass is 251 g/mol. The van der Waals surface area contributed by atoms with E-state index in [1.165, 1.54) is 0 Å². The van der Waals surface area contributed by atoms with Crippen LogP contribution in [0.5, 0.6) is 0 Å². The topological polar surface area (TPSA) is 92.6 Å². The zero-order valence-electron chi connectivity index (χ0n) is 11.1. The summed E-state index contributed by atoms with van der Waals surface area (Å²) in [6, 6.07) is 4.95. The number of primary amides is 1. The summed E-state index contributed by atoms with van der Waals surface area (Å²) < 4.78 is 0. The molecule has 0 saturated heterocycles. The largest absolute Gasteiger partial charge is 0.397 e. The molecule has 0 atom stereocenters. The first kappa shape index (κ1) is 14.3. The van der Waals surface area contributed by atoms with Crippen LogP contribution in [0.4, 0.5) is 11.4 Å². The average Bonchev–Trinajstić information content (AvgIpc) is 2.24. The van der Waals surface area contributed by atoms with Gasteiger partial charge >= 0.3 is 0 Å². The van der Waals surface area contributed by atoms with Crippen LogP contribution < -0.4 is 16.4 Å². The number of rotatable bonds is 5. The van der Waals surface area contributed by atoms with Crippen LogP contribution in [0.15, 0.2) is 18.2 Å². The summed E-state index contributed by atoms with van der Waals surface area (Å²) in [5.41, 5.74) is 12.0. The van der Waals surface area contributed by atoms with E-state index >= 15 is 0 Å². The molecule has 0 aromatic heterocycles. The number of nitrogen functional groups attached to an aromatic ring is 1. The molecule has 1 aromatic carbocycles. The number of benzene rings is 1. The van der Waals surface area contributed by atoms with Gasteiger partial charge < -0.3 is 21.5 Å². The number of hydrogen-bond donors (Lipinski definition) is 3. The van der Waals surface area contributed by atoms with Crippen molar-refractivity contribution in [3.8, 4) is 0 Å². The predicted octanol–water partition coefficient (Wildman–Crippen LogP) is 0.965. The van der Waals surface area contributed by atoms with Gasteiger partial charge in [0.15, 0.2) is 0 Å². The first-order valence-electron chi connectivity index (χ1n) is 5.91. The standard InChI is InChI=1S/C13H21N3O2/c1-4-16(8-13(2,3)18)11-6-5-9(12(15)17)7-10(11)14/h5-7,18H,4,8,14H2,1-3H3,(H2,15,17). The second kappa shape index (κ2) is 5.27. The summed E-state index contributed by atoms with van der Waals surface area (Å²) in [7, 11) is 0. The molecule has 100 valence electrons. The van der Waals surface area contributed by atoms with Crippen LogP contribution in [0.3, 0.4) is 0 Å². The van der Waals surface area contributed by atoms with Crippen LogP contribution >= 0.6 is 0 Å². The Kier molecular flexibility index (Phi) is 4.19. The van der Waals surface area contributed by atoms with Crippen molar-refractivity contribution in [2.45, 2.75) is 26.4 Å². The van der Waals surface area contributed by atoms with Crippen LogP contribution in [0.1, 0.15) is 31.1 Å². The fourth-order valence-electron chi connectivity index (χ4n) is 1.83. The Labute approximate surface area is 107 Å². The van der Waals surface area contributed by atoms with Gasteiger partial charge in [-0.05, 0) is 39.0 Å². The van der Waals surface area contributed by atoms with Crippen molar-refractivity contribution in [3.05, 3.63) is 23.8 Å². The smallest absolute Gasteiger partial charge is 0.248 e. The van der Waals surface area contributed by atoms with Crippen molar-refractivity contribution in [2.75, 3.05) is 23.7 Å². The van der Waals surface area contributed by atoms with Gasteiger partial charge in [-0.15, -0.1) is 0 Å². The minimum atomic E-state index is -0.815. The molecule has 5 heteroatoms. The highest BCUT2D eigenvalue weighted by Gasteiger charge is 2.19. The average molecular weight is 251 g/mol. The van der Waals surface area contributed by atoms with Crippen LogP contribution in [-0.4, -0.2) is 29.7 Å². The molecule has 0 aliphatic rings. The van der Waals surface area contributed by atoms with Crippen molar-refractivity contribution in [2.24, 2.45) is 5.73 Å². The number of hydrogen-bond acceptors (Lipinski definition) is 4. The summed E-state index contributed by atoms with van der Waals surface area (Å²) in [6.07, 6.45) is 0. The number of likely N-dealkylation sites (N-methyl/N-ethyl adjacent to an activating group) is 1. The van der Waals surface area contributed by atoms with E-state index in [1.807, 2.05) is 11.8 Å². The summed E-state index contributed by atoms with van der Waals surface area (Å²) in [5, 5.41) is 9.86. The molecule has 1 amide bonds. The molecule has 0 aliphatic heterocycles. The summed E-state index contributed by atoms with van der Waals surface area (Å²) in [4.78, 5) is 13.0. The highest BCUT2D eigenvalue weighted by molar-refractivity contribution is 5.94. The lowest BCUT2D eigenvalue weighted by atomic mass is 10.1. The number of carbonyl (C=O) groups is 1. The molecule has 5 nitrogen and oxygen atoms in total. The van der Waals surface area contributed by atoms with E-state index in [1.54, 1.807) is 32.0 Å². The number of aliphatic hydroxyl groups is 1. The second-order valence-electron chi connectivity index (χ2n) is 4.96. The number of amides is 1. The Morgan fingerprint density at radius 3 is 2.44 bits per heavy atom. The Hall–Kier alpha value is -1.75. The second-order valence-corrected chi connectivity index (χ2v) is 4.96. The SMILES string of the molecule is CCN(CC(C)(C)O)c1ccc(C(N)=O)cc1N. The van der Waals surface area contributed by atoms with Crippen LogP contribution in [0.25, 0.3) is 0 Å². The predicted molar refractivity (Wildman–Crippen MR) is 73.6 cm³/mol. The summed E-state index contributed by atoms with van der Waals surface area (Å²) in [6.45, 7) is 6.63. The lowest BCUT2D eigenvalue weighted by Gasteiger charge is -2.30. The lowest BCUT2D eigenvalue weighted by Crippen LogP contribution is -2.39. The zero-order valence-corrected chi connectivity index (χ0v) is 11.1. The van der Waals surface area contributed by atoms with E-state index in [0.717, 1.165) is 5.69 Å². The van der Waals surface area contributed by atoms with Gasteiger partial charge in [-0.2, -0.15) is 0 Å². The summed E-state index contributed by atoms with van der Waals surface area (Å²) >= 11 is 0. The maximum Gasteiger partial charge on any atom is 0.248 e. The molecule has 0 fully saturated rings. The minimum absolute atomic E-state index is 0.385. The molecule has 0 bridgehead atoms. The fraction of sp³-hybridized carbons (Fsp3) is 0.462. The van der Waals surface area contributed by atoms with E-state index in [0.29, 0.717) is 24.3 Å². The van der Waals surface area contributed by atoms with Crippen molar-refractivity contribution >= 4 is 17.3 Å². The Bertz CT molecular complexity index is 438. The molecular formula is C13H21N3O2. The van der Waals surface area contributed by atoms with E-state index in [9.17, 15) is 9.90 Å². The Balaban J connectivity index is 3.04. The van der Waals surface area contributed by atoms with Gasteiger partial charge in [0.2, 0.25) is 5.91 Å². The molecule has 0 heterocycles. The van der Waals surface area contributed by atoms with E-state index < -0.39 is 11.5 Å². The highest BCUT2D eigenvalue weighted by Crippen LogP contribution is 2.25. The number of nitrogens with zero attached hydrogens (tertiary/aromatic N) is 1. The van der Waals surface area contributed by atoms with Gasteiger partial charge in [0.05, 0.1) is 17.0 Å². The first-order valence-corrected chi connectivity index (χ1v) is 5.91. The minimum Gasteiger partial charge on any atom is -0.397 e. The van der Waals surface area contributed by atoms with Gasteiger partial charge in [-0.25, -0.2) is 0 Å². The van der Waals surface area contributed by atoms with E-state index in [4.69, 9.17) is 11.5 Å². The van der Waals surface area contributed by atoms with Crippen LogP contribution in [0.2, 0.25) is 0 Å². The van der Waals surface area contributed by atoms with Gasteiger partial charge in [0.1, 0.15) is 0 Å². The first-order chi connectivity index (χ1) is 8.24. The quantitative estimate of drug-likeness (QED) is 0.680. The molecule has 0 spiro atoms. The van der Waals surface area contributed by atoms with Crippen molar-refractivity contribution in [1.29, 1.82) is 0 Å². The Morgan fingerprint density at radius 1 is 1.44 bits per heavy atom. The zero-order chi connectivity index (χ0) is 13.9. The maximum absolute atomic E-state index is 11.0. The summed E-state index contributed by atoms with van der Waals surface area (Å²) in [5.74, 6) is -0.501. The Morgan fingerprint density at radius 2 is 2.06 bits per heavy atom. The molecule has 0 aliphatic carbocycles.